The Balaban J connectivity index is 2.00. The van der Waals surface area contributed by atoms with Crippen LogP contribution in [0.4, 0.5) is 0 Å². The largest absolute Gasteiger partial charge is 0.461 e. The SMILES string of the molecule is C=C/C=C(\C=C/C)C1(c2ccccc2)c2ccccc2-c2cc3c(C=C)c(C)oc3cc21. The van der Waals surface area contributed by atoms with Crippen molar-refractivity contribution in [3.05, 3.63) is 138 Å². The molecule has 0 bridgehead atoms. The van der Waals surface area contributed by atoms with Gasteiger partial charge in [0.25, 0.3) is 0 Å². The van der Waals surface area contributed by atoms with Crippen LogP contribution in [0.15, 0.2) is 114 Å². The molecule has 1 heteroatoms. The number of rotatable bonds is 5. The minimum absolute atomic E-state index is 0.461. The summed E-state index contributed by atoms with van der Waals surface area (Å²) in [6.45, 7) is 12.1. The van der Waals surface area contributed by atoms with Crippen LogP contribution in [0.5, 0.6) is 0 Å². The lowest BCUT2D eigenvalue weighted by Crippen LogP contribution is -2.29. The van der Waals surface area contributed by atoms with Crippen LogP contribution in [0, 0.1) is 6.92 Å². The Morgan fingerprint density at radius 2 is 1.66 bits per heavy atom. The number of allylic oxidation sites excluding steroid dienone is 5. The van der Waals surface area contributed by atoms with Crippen LogP contribution >= 0.6 is 0 Å². The van der Waals surface area contributed by atoms with Crippen LogP contribution in [0.1, 0.15) is 34.9 Å². The van der Waals surface area contributed by atoms with E-state index < -0.39 is 5.41 Å². The van der Waals surface area contributed by atoms with Crippen molar-refractivity contribution in [3.63, 3.8) is 0 Å². The fraction of sp³-hybridized carbons (Fsp3) is 0.0968. The average Bonchev–Trinajstić information content (AvgIpc) is 3.29. The fourth-order valence-corrected chi connectivity index (χ4v) is 5.35. The van der Waals surface area contributed by atoms with Gasteiger partial charge < -0.3 is 4.42 Å². The Kier molecular flexibility index (Phi) is 4.83. The second-order valence-corrected chi connectivity index (χ2v) is 8.19. The van der Waals surface area contributed by atoms with Gasteiger partial charge >= 0.3 is 0 Å². The maximum Gasteiger partial charge on any atom is 0.135 e. The first-order chi connectivity index (χ1) is 15.7. The molecule has 0 aliphatic heterocycles. The number of aryl methyl sites for hydroxylation is 1. The topological polar surface area (TPSA) is 13.1 Å². The quantitative estimate of drug-likeness (QED) is 0.299. The zero-order valence-electron chi connectivity index (χ0n) is 18.6. The molecule has 5 rings (SSSR count). The highest BCUT2D eigenvalue weighted by molar-refractivity contribution is 5.98. The maximum absolute atomic E-state index is 6.21. The summed E-state index contributed by atoms with van der Waals surface area (Å²) >= 11 is 0. The Labute approximate surface area is 189 Å². The molecular formula is C31H26O. The lowest BCUT2D eigenvalue weighted by atomic mass is 9.67. The molecule has 0 amide bonds. The van der Waals surface area contributed by atoms with E-state index in [4.69, 9.17) is 4.42 Å². The van der Waals surface area contributed by atoms with Crippen molar-refractivity contribution in [1.29, 1.82) is 0 Å². The van der Waals surface area contributed by atoms with E-state index in [0.717, 1.165) is 22.3 Å². The van der Waals surface area contributed by atoms with E-state index in [1.165, 1.54) is 33.4 Å². The summed E-state index contributed by atoms with van der Waals surface area (Å²) in [7, 11) is 0. The van der Waals surface area contributed by atoms with E-state index in [1.807, 2.05) is 19.1 Å². The van der Waals surface area contributed by atoms with E-state index in [-0.39, 0.29) is 0 Å². The lowest BCUT2D eigenvalue weighted by molar-refractivity contribution is 0.576. The molecule has 3 aromatic carbocycles. The van der Waals surface area contributed by atoms with Crippen LogP contribution in [0.25, 0.3) is 28.2 Å². The van der Waals surface area contributed by atoms with E-state index in [0.29, 0.717) is 0 Å². The molecule has 0 saturated carbocycles. The Hall–Kier alpha value is -3.84. The molecule has 1 nitrogen and oxygen atoms in total. The van der Waals surface area contributed by atoms with Crippen LogP contribution in [0.3, 0.4) is 0 Å². The molecule has 32 heavy (non-hydrogen) atoms. The van der Waals surface area contributed by atoms with Gasteiger partial charge in [-0.05, 0) is 59.4 Å². The summed E-state index contributed by atoms with van der Waals surface area (Å²) in [5.41, 5.74) is 8.89. The third-order valence-corrected chi connectivity index (χ3v) is 6.57. The highest BCUT2D eigenvalue weighted by Gasteiger charge is 2.46. The zero-order valence-corrected chi connectivity index (χ0v) is 18.6. The first-order valence-electron chi connectivity index (χ1n) is 11.0. The number of hydrogen-bond acceptors (Lipinski definition) is 1. The molecule has 4 aromatic rings. The third kappa shape index (κ3) is 2.64. The molecule has 1 heterocycles. The van der Waals surface area contributed by atoms with Gasteiger partial charge in [-0.15, -0.1) is 0 Å². The van der Waals surface area contributed by atoms with Crippen molar-refractivity contribution in [2.75, 3.05) is 0 Å². The van der Waals surface area contributed by atoms with E-state index >= 15 is 0 Å². The second-order valence-electron chi connectivity index (χ2n) is 8.19. The fourth-order valence-electron chi connectivity index (χ4n) is 5.35. The normalized spacial score (nSPS) is 17.5. The molecule has 0 spiro atoms. The first-order valence-corrected chi connectivity index (χ1v) is 11.0. The van der Waals surface area contributed by atoms with Crippen LogP contribution in [-0.2, 0) is 5.41 Å². The van der Waals surface area contributed by atoms with Gasteiger partial charge in [0, 0.05) is 10.9 Å². The Morgan fingerprint density at radius 3 is 2.38 bits per heavy atom. The number of fused-ring (bicyclic) bond motifs is 4. The van der Waals surface area contributed by atoms with Crippen molar-refractivity contribution < 1.29 is 4.42 Å². The molecule has 156 valence electrons. The number of benzene rings is 3. The molecular weight excluding hydrogens is 388 g/mol. The lowest BCUT2D eigenvalue weighted by Gasteiger charge is -2.34. The Bertz CT molecular complexity index is 1410. The van der Waals surface area contributed by atoms with Crippen molar-refractivity contribution in [1.82, 2.24) is 0 Å². The van der Waals surface area contributed by atoms with E-state index in [2.05, 4.69) is 105 Å². The van der Waals surface area contributed by atoms with Crippen molar-refractivity contribution >= 4 is 17.0 Å². The standard InChI is InChI=1S/C31H26O/c1-5-13-22(14-6-2)31(23-15-9-8-10-16-23)28-18-12-11-17-25(28)26-19-27-24(7-3)21(4)32-30(27)20-29(26)31/h5-20H,1,3H2,2,4H3/b14-6-,22-13+. The predicted molar refractivity (Wildman–Crippen MR) is 136 cm³/mol. The summed E-state index contributed by atoms with van der Waals surface area (Å²) in [5.74, 6) is 0.896. The van der Waals surface area contributed by atoms with Gasteiger partial charge in [-0.25, -0.2) is 0 Å². The maximum atomic E-state index is 6.21. The van der Waals surface area contributed by atoms with Gasteiger partial charge in [0.2, 0.25) is 0 Å². The van der Waals surface area contributed by atoms with Crippen LogP contribution in [-0.4, -0.2) is 0 Å². The van der Waals surface area contributed by atoms with Crippen molar-refractivity contribution in [2.24, 2.45) is 0 Å². The summed E-state index contributed by atoms with van der Waals surface area (Å²) in [5, 5.41) is 1.11. The molecule has 0 saturated heterocycles. The molecule has 0 N–H and O–H groups in total. The number of hydrogen-bond donors (Lipinski definition) is 0. The van der Waals surface area contributed by atoms with Gasteiger partial charge in [0.1, 0.15) is 11.3 Å². The summed E-state index contributed by atoms with van der Waals surface area (Å²) in [6, 6.07) is 24.0. The highest BCUT2D eigenvalue weighted by Crippen LogP contribution is 2.57. The summed E-state index contributed by atoms with van der Waals surface area (Å²) in [4.78, 5) is 0. The van der Waals surface area contributed by atoms with E-state index in [1.54, 1.807) is 0 Å². The molecule has 1 aromatic heterocycles. The van der Waals surface area contributed by atoms with Gasteiger partial charge in [0.15, 0.2) is 0 Å². The van der Waals surface area contributed by atoms with Gasteiger partial charge in [-0.3, -0.25) is 0 Å². The van der Waals surface area contributed by atoms with Gasteiger partial charge in [-0.2, -0.15) is 0 Å². The predicted octanol–water partition coefficient (Wildman–Crippen LogP) is 8.39. The molecule has 0 fully saturated rings. The zero-order chi connectivity index (χ0) is 22.3. The molecule has 0 radical (unpaired) electrons. The van der Waals surface area contributed by atoms with Crippen molar-refractivity contribution in [2.45, 2.75) is 19.3 Å². The second kappa shape index (κ2) is 7.69. The van der Waals surface area contributed by atoms with Crippen molar-refractivity contribution in [3.8, 4) is 11.1 Å². The molecule has 1 aliphatic carbocycles. The summed E-state index contributed by atoms with van der Waals surface area (Å²) in [6.07, 6.45) is 10.2. The Morgan fingerprint density at radius 1 is 0.906 bits per heavy atom. The van der Waals surface area contributed by atoms with Gasteiger partial charge in [-0.1, -0.05) is 98.1 Å². The minimum Gasteiger partial charge on any atom is -0.461 e. The van der Waals surface area contributed by atoms with Gasteiger partial charge in [0.05, 0.1) is 5.41 Å². The monoisotopic (exact) mass is 414 g/mol. The minimum atomic E-state index is -0.461. The van der Waals surface area contributed by atoms with E-state index in [9.17, 15) is 0 Å². The first kappa shape index (κ1) is 20.1. The molecule has 1 atom stereocenters. The van der Waals surface area contributed by atoms with Crippen LogP contribution in [0.2, 0.25) is 0 Å². The average molecular weight is 415 g/mol. The summed E-state index contributed by atoms with van der Waals surface area (Å²) < 4.78 is 6.21. The molecule has 1 unspecified atom stereocenters. The highest BCUT2D eigenvalue weighted by atomic mass is 16.3. The third-order valence-electron chi connectivity index (χ3n) is 6.57. The smallest absolute Gasteiger partial charge is 0.135 e. The molecule has 1 aliphatic rings. The van der Waals surface area contributed by atoms with Crippen LogP contribution < -0.4 is 0 Å². The number of furan rings is 1.